The maximum atomic E-state index is 6.41. The van der Waals surface area contributed by atoms with E-state index in [9.17, 15) is 0 Å². The second-order valence-corrected chi connectivity index (χ2v) is 7.28. The number of halogens is 2. The van der Waals surface area contributed by atoms with Gasteiger partial charge in [0.1, 0.15) is 5.82 Å². The molecule has 0 bridgehead atoms. The molecule has 1 aliphatic heterocycles. The first-order valence-electron chi connectivity index (χ1n) is 9.02. The normalized spacial score (nSPS) is 14.3. The van der Waals surface area contributed by atoms with Gasteiger partial charge in [-0.1, -0.05) is 40.4 Å². The minimum absolute atomic E-state index is 0.417. The predicted octanol–water partition coefficient (Wildman–Crippen LogP) is 2.69. The van der Waals surface area contributed by atoms with Gasteiger partial charge in [0.2, 0.25) is 5.95 Å². The summed E-state index contributed by atoms with van der Waals surface area (Å²) in [6.45, 7) is 6.20. The predicted molar refractivity (Wildman–Crippen MR) is 111 cm³/mol. The topological polar surface area (TPSA) is 83.8 Å². The van der Waals surface area contributed by atoms with Gasteiger partial charge in [-0.15, -0.1) is 0 Å². The van der Waals surface area contributed by atoms with Gasteiger partial charge in [-0.3, -0.25) is 0 Å². The number of tetrazole rings is 1. The van der Waals surface area contributed by atoms with E-state index in [1.807, 2.05) is 31.3 Å². The summed E-state index contributed by atoms with van der Waals surface area (Å²) in [6, 6.07) is 7.73. The van der Waals surface area contributed by atoms with Crippen LogP contribution in [0.15, 0.2) is 30.5 Å². The number of hydrogen-bond donors (Lipinski definition) is 2. The first-order valence-corrected chi connectivity index (χ1v) is 9.77. The van der Waals surface area contributed by atoms with Gasteiger partial charge in [0.05, 0.1) is 15.7 Å². The van der Waals surface area contributed by atoms with Crippen molar-refractivity contribution in [3.05, 3.63) is 51.6 Å². The van der Waals surface area contributed by atoms with Crippen LogP contribution in [0, 0.1) is 6.92 Å². The maximum Gasteiger partial charge on any atom is 0.248 e. The molecular weight excluding hydrogens is 399 g/mol. The van der Waals surface area contributed by atoms with Crippen molar-refractivity contribution in [1.82, 2.24) is 30.5 Å². The summed E-state index contributed by atoms with van der Waals surface area (Å²) in [4.78, 5) is 6.86. The number of rotatable bonds is 5. The van der Waals surface area contributed by atoms with Crippen molar-refractivity contribution < 1.29 is 0 Å². The fourth-order valence-corrected chi connectivity index (χ4v) is 3.61. The Bertz CT molecular complexity index is 968. The molecule has 146 valence electrons. The van der Waals surface area contributed by atoms with Crippen molar-refractivity contribution in [2.45, 2.75) is 13.5 Å². The Morgan fingerprint density at radius 1 is 1.14 bits per heavy atom. The molecule has 3 aromatic rings. The molecule has 0 spiro atoms. The van der Waals surface area contributed by atoms with Crippen LogP contribution in [-0.4, -0.2) is 51.4 Å². The lowest BCUT2D eigenvalue weighted by molar-refractivity contribution is 0.583. The highest BCUT2D eigenvalue weighted by Crippen LogP contribution is 2.32. The van der Waals surface area contributed by atoms with Gasteiger partial charge in [0.15, 0.2) is 0 Å². The van der Waals surface area contributed by atoms with Crippen LogP contribution in [0.25, 0.3) is 5.69 Å². The molecule has 0 amide bonds. The molecule has 2 aromatic heterocycles. The van der Waals surface area contributed by atoms with E-state index in [-0.39, 0.29) is 0 Å². The van der Waals surface area contributed by atoms with Crippen molar-refractivity contribution in [3.63, 3.8) is 0 Å². The van der Waals surface area contributed by atoms with Crippen LogP contribution in [0.4, 0.5) is 11.8 Å². The van der Waals surface area contributed by atoms with Crippen molar-refractivity contribution in [3.8, 4) is 5.69 Å². The molecule has 2 N–H and O–H groups in total. The van der Waals surface area contributed by atoms with E-state index < -0.39 is 0 Å². The molecule has 28 heavy (non-hydrogen) atoms. The first kappa shape index (κ1) is 18.9. The van der Waals surface area contributed by atoms with Gasteiger partial charge in [-0.2, -0.15) is 4.68 Å². The van der Waals surface area contributed by atoms with Crippen molar-refractivity contribution >= 4 is 35.0 Å². The lowest BCUT2D eigenvalue weighted by Crippen LogP contribution is -2.44. The number of aromatic nitrogens is 5. The number of anilines is 2. The monoisotopic (exact) mass is 418 g/mol. The third-order valence-corrected chi connectivity index (χ3v) is 5.64. The quantitative estimate of drug-likeness (QED) is 0.658. The molecule has 10 heteroatoms. The van der Waals surface area contributed by atoms with Gasteiger partial charge in [0.25, 0.3) is 0 Å². The number of pyridine rings is 1. The molecule has 1 aromatic carbocycles. The fourth-order valence-electron chi connectivity index (χ4n) is 3.16. The Kier molecular flexibility index (Phi) is 5.61. The summed E-state index contributed by atoms with van der Waals surface area (Å²) in [6.07, 6.45) is 1.82. The van der Waals surface area contributed by atoms with E-state index in [2.05, 4.69) is 42.1 Å². The third kappa shape index (κ3) is 3.76. The Morgan fingerprint density at radius 2 is 1.96 bits per heavy atom. The van der Waals surface area contributed by atoms with Crippen molar-refractivity contribution in [1.29, 1.82) is 0 Å². The number of piperazine rings is 1. The van der Waals surface area contributed by atoms with E-state index >= 15 is 0 Å². The van der Waals surface area contributed by atoms with Gasteiger partial charge in [0, 0.05) is 44.5 Å². The molecule has 3 heterocycles. The second-order valence-electron chi connectivity index (χ2n) is 6.52. The molecule has 0 aliphatic carbocycles. The maximum absolute atomic E-state index is 6.41. The number of aryl methyl sites for hydroxylation is 1. The lowest BCUT2D eigenvalue weighted by atomic mass is 10.2. The van der Waals surface area contributed by atoms with Crippen LogP contribution in [-0.2, 0) is 6.54 Å². The molecule has 0 radical (unpaired) electrons. The first-order chi connectivity index (χ1) is 13.6. The summed E-state index contributed by atoms with van der Waals surface area (Å²) >= 11 is 12.7. The smallest absolute Gasteiger partial charge is 0.248 e. The molecule has 8 nitrogen and oxygen atoms in total. The standard InChI is InChI=1S/C18H20Cl2N8/c1-12-4-5-14(16(20)15(12)19)28-18(24-25-26-28)23-11-13-3-2-6-22-17(13)27-9-7-21-8-10-27/h2-6,21H,7-11H2,1H3,(H,23,24,26). The molecule has 1 fully saturated rings. The van der Waals surface area contributed by atoms with E-state index in [0.29, 0.717) is 28.2 Å². The van der Waals surface area contributed by atoms with E-state index in [0.717, 1.165) is 43.1 Å². The average Bonchev–Trinajstić information content (AvgIpc) is 3.20. The highest BCUT2D eigenvalue weighted by Gasteiger charge is 2.17. The highest BCUT2D eigenvalue weighted by atomic mass is 35.5. The zero-order valence-corrected chi connectivity index (χ0v) is 16.9. The van der Waals surface area contributed by atoms with Crippen molar-refractivity contribution in [2.24, 2.45) is 0 Å². The van der Waals surface area contributed by atoms with Crippen molar-refractivity contribution in [2.75, 3.05) is 36.4 Å². The number of hydrogen-bond acceptors (Lipinski definition) is 7. The van der Waals surface area contributed by atoms with Crippen LogP contribution < -0.4 is 15.5 Å². The molecular formula is C18H20Cl2N8. The molecule has 0 saturated carbocycles. The van der Waals surface area contributed by atoms with E-state index in [1.54, 1.807) is 4.68 Å². The van der Waals surface area contributed by atoms with Crippen LogP contribution >= 0.6 is 23.2 Å². The molecule has 0 atom stereocenters. The van der Waals surface area contributed by atoms with E-state index in [4.69, 9.17) is 23.2 Å². The summed E-state index contributed by atoms with van der Waals surface area (Å²) in [5.74, 6) is 1.46. The fraction of sp³-hybridized carbons (Fsp3) is 0.333. The van der Waals surface area contributed by atoms with Gasteiger partial charge in [-0.05, 0) is 35.0 Å². The van der Waals surface area contributed by atoms with Crippen LogP contribution in [0.5, 0.6) is 0 Å². The number of nitrogens with one attached hydrogen (secondary N) is 2. The summed E-state index contributed by atoms with van der Waals surface area (Å²) in [5, 5.41) is 19.5. The lowest BCUT2D eigenvalue weighted by Gasteiger charge is -2.30. The van der Waals surface area contributed by atoms with Gasteiger partial charge in [-0.25, -0.2) is 4.98 Å². The largest absolute Gasteiger partial charge is 0.354 e. The van der Waals surface area contributed by atoms with Crippen LogP contribution in [0.2, 0.25) is 10.0 Å². The van der Waals surface area contributed by atoms with E-state index in [1.165, 1.54) is 0 Å². The van der Waals surface area contributed by atoms with Gasteiger partial charge < -0.3 is 15.5 Å². The zero-order chi connectivity index (χ0) is 19.5. The molecule has 4 rings (SSSR count). The Hall–Kier alpha value is -2.42. The Labute approximate surface area is 172 Å². The highest BCUT2D eigenvalue weighted by molar-refractivity contribution is 6.43. The molecule has 0 unspecified atom stereocenters. The van der Waals surface area contributed by atoms with Crippen LogP contribution in [0.1, 0.15) is 11.1 Å². The molecule has 1 aliphatic rings. The Balaban J connectivity index is 1.57. The summed E-state index contributed by atoms with van der Waals surface area (Å²) < 4.78 is 1.55. The number of benzene rings is 1. The average molecular weight is 419 g/mol. The SMILES string of the molecule is Cc1ccc(-n2nnnc2NCc2cccnc2N2CCNCC2)c(Cl)c1Cl. The minimum atomic E-state index is 0.417. The zero-order valence-electron chi connectivity index (χ0n) is 15.4. The van der Waals surface area contributed by atoms with Gasteiger partial charge >= 0.3 is 0 Å². The number of nitrogens with zero attached hydrogens (tertiary/aromatic N) is 6. The summed E-state index contributed by atoms with van der Waals surface area (Å²) in [5.41, 5.74) is 2.60. The molecule has 1 saturated heterocycles. The third-order valence-electron chi connectivity index (χ3n) is 4.67. The minimum Gasteiger partial charge on any atom is -0.354 e. The Morgan fingerprint density at radius 3 is 2.79 bits per heavy atom. The van der Waals surface area contributed by atoms with Crippen LogP contribution in [0.3, 0.4) is 0 Å². The summed E-state index contributed by atoms with van der Waals surface area (Å²) in [7, 11) is 0. The second kappa shape index (κ2) is 8.30.